The van der Waals surface area contributed by atoms with E-state index in [0.29, 0.717) is 17.1 Å². The Labute approximate surface area is 399 Å². The third-order valence-electron chi connectivity index (χ3n) is 11.9. The van der Waals surface area contributed by atoms with Crippen molar-refractivity contribution in [3.05, 3.63) is 199 Å². The van der Waals surface area contributed by atoms with Crippen molar-refractivity contribution in [1.29, 1.82) is 0 Å². The molecule has 5 heteroatoms. The Balaban J connectivity index is 0.00000625. The number of ether oxygens (including phenoxy) is 1. The van der Waals surface area contributed by atoms with Crippen molar-refractivity contribution < 1.29 is 31.3 Å². The van der Waals surface area contributed by atoms with Crippen LogP contribution < -0.4 is 4.74 Å². The van der Waals surface area contributed by atoms with Crippen LogP contribution in [0.25, 0.3) is 83.9 Å². The summed E-state index contributed by atoms with van der Waals surface area (Å²) in [5.41, 5.74) is 16.6. The molecule has 9 aromatic rings. The second kappa shape index (κ2) is 18.0. The normalized spacial score (nSPS) is 12.8. The summed E-state index contributed by atoms with van der Waals surface area (Å²) in [4.78, 5) is 10.5. The predicted octanol–water partition coefficient (Wildman–Crippen LogP) is 15.7. The van der Waals surface area contributed by atoms with Gasteiger partial charge >= 0.3 is 21.1 Å². The number of para-hydroxylation sites is 1. The number of pyridine rings is 1. The van der Waals surface area contributed by atoms with Gasteiger partial charge in [0.2, 0.25) is 0 Å². The molecule has 64 heavy (non-hydrogen) atoms. The van der Waals surface area contributed by atoms with Gasteiger partial charge < -0.3 is 4.74 Å². The second-order valence-electron chi connectivity index (χ2n) is 17.6. The van der Waals surface area contributed by atoms with E-state index in [4.69, 9.17) is 18.8 Å². The van der Waals surface area contributed by atoms with Gasteiger partial charge in [0.1, 0.15) is 5.82 Å². The van der Waals surface area contributed by atoms with Gasteiger partial charge in [-0.3, -0.25) is 9.55 Å². The van der Waals surface area contributed by atoms with Gasteiger partial charge in [-0.1, -0.05) is 161 Å². The van der Waals surface area contributed by atoms with Crippen molar-refractivity contribution in [3.8, 4) is 78.6 Å². The maximum absolute atomic E-state index is 9.45. The zero-order valence-electron chi connectivity index (χ0n) is 41.3. The fraction of sp³-hybridized carbons (Fsp3) is 0.169. The van der Waals surface area contributed by atoms with E-state index in [-0.39, 0.29) is 26.5 Å². The minimum absolute atomic E-state index is 0. The minimum Gasteiger partial charge on any atom is -0.665 e. The van der Waals surface area contributed by atoms with Crippen LogP contribution in [0.3, 0.4) is 0 Å². The maximum Gasteiger partial charge on any atom is 2.00 e. The number of hydrogen-bond donors (Lipinski definition) is 0. The smallest absolute Gasteiger partial charge is 0.665 e. The molecule has 0 bridgehead atoms. The summed E-state index contributed by atoms with van der Waals surface area (Å²) in [5.74, 6) is 0.403. The van der Waals surface area contributed by atoms with E-state index in [1.165, 1.54) is 0 Å². The van der Waals surface area contributed by atoms with Crippen LogP contribution in [0.1, 0.15) is 73.8 Å². The Kier molecular flexibility index (Phi) is 11.1. The average molecular weight is 1020 g/mol. The first-order valence-corrected chi connectivity index (χ1v) is 21.4. The molecule has 0 aliphatic heterocycles. The quantitative estimate of drug-likeness (QED) is 0.135. The van der Waals surface area contributed by atoms with Gasteiger partial charge in [-0.25, -0.2) is 4.98 Å². The van der Waals surface area contributed by atoms with Crippen LogP contribution in [0.4, 0.5) is 0 Å². The number of aromatic nitrogens is 3. The molecule has 0 fully saturated rings. The molecule has 0 saturated heterocycles. The first-order valence-electron chi connectivity index (χ1n) is 23.4. The SMILES string of the molecule is [2H]C([2H])([2H])c1ccc(-c2ccnc(-c3[c-]c(-c4cccc5c4nc(-c4cc(C)cc(C)c4O[CH2-])n5-c4cc(-c5ccccc5)c(C([2H])(C)C)cc4-c4ccccc4)cc(C(C)(C)C)c3)c2)cc1.[Pt+2]. The fourth-order valence-corrected chi connectivity index (χ4v) is 8.65. The molecule has 320 valence electrons. The molecule has 0 atom stereocenters. The number of benzene rings is 7. The van der Waals surface area contributed by atoms with Gasteiger partial charge in [0.15, 0.2) is 0 Å². The standard InChI is InChI=1S/C59H53N3O.Pt/c1-37(2)49-35-51(43-19-14-11-15-20-43)55(36-50(49)42-17-12-10-13-18-42)62-54-22-16-21-48(56(54)61-58(62)52-30-39(4)29-40(5)57(52)63-9)45-31-46(33-47(32-45)59(6,7)8)53-34-44(27-28-60-53)41-25-23-38(3)24-26-41;/h10-30,32-37H,9H2,1-8H3;/q-2;+2/i3D3,37D;. The summed E-state index contributed by atoms with van der Waals surface area (Å²) in [7, 11) is 3.93. The Morgan fingerprint density at radius 3 is 2.02 bits per heavy atom. The van der Waals surface area contributed by atoms with Gasteiger partial charge in [-0.15, -0.1) is 29.3 Å². The zero-order valence-corrected chi connectivity index (χ0v) is 39.6. The zero-order chi connectivity index (χ0) is 47.4. The molecule has 2 heterocycles. The van der Waals surface area contributed by atoms with E-state index in [9.17, 15) is 1.37 Å². The topological polar surface area (TPSA) is 39.9 Å². The first-order chi connectivity index (χ1) is 31.9. The monoisotopic (exact) mass is 1020 g/mol. The van der Waals surface area contributed by atoms with Gasteiger partial charge in [0.05, 0.1) is 28.0 Å². The van der Waals surface area contributed by atoms with E-state index in [1.54, 1.807) is 18.3 Å². The number of fused-ring (bicyclic) bond motifs is 1. The molecule has 0 amide bonds. The van der Waals surface area contributed by atoms with E-state index in [2.05, 4.69) is 136 Å². The van der Waals surface area contributed by atoms with Gasteiger partial charge in [-0.05, 0) is 107 Å². The van der Waals surface area contributed by atoms with Crippen LogP contribution in [0.2, 0.25) is 0 Å². The summed E-state index contributed by atoms with van der Waals surface area (Å²) < 4.78 is 41.2. The van der Waals surface area contributed by atoms with E-state index < -0.39 is 12.7 Å². The molecule has 0 aliphatic rings. The second-order valence-corrected chi connectivity index (χ2v) is 17.6. The Hall–Kier alpha value is -6.35. The Morgan fingerprint density at radius 2 is 1.36 bits per heavy atom. The summed E-state index contributed by atoms with van der Waals surface area (Å²) in [6.45, 7) is 12.5. The van der Waals surface area contributed by atoms with E-state index in [1.807, 2.05) is 69.3 Å². The molecule has 0 spiro atoms. The molecular weight excluding hydrogens is 962 g/mol. The number of aryl methyl sites for hydroxylation is 3. The number of rotatable bonds is 9. The van der Waals surface area contributed by atoms with E-state index >= 15 is 0 Å². The van der Waals surface area contributed by atoms with Gasteiger partial charge in [0, 0.05) is 22.9 Å². The number of imidazole rings is 1. The molecule has 7 aromatic carbocycles. The summed E-state index contributed by atoms with van der Waals surface area (Å²) in [6, 6.07) is 54.8. The molecule has 0 saturated carbocycles. The van der Waals surface area contributed by atoms with Crippen LogP contribution in [0.15, 0.2) is 158 Å². The molecule has 0 aliphatic carbocycles. The minimum atomic E-state index is -2.18. The molecule has 0 N–H and O–H groups in total. The summed E-state index contributed by atoms with van der Waals surface area (Å²) in [5, 5.41) is 0. The molecule has 4 nitrogen and oxygen atoms in total. The van der Waals surface area contributed by atoms with Crippen molar-refractivity contribution in [1.82, 2.24) is 14.5 Å². The van der Waals surface area contributed by atoms with Crippen LogP contribution in [0, 0.1) is 33.9 Å². The molecular formula is C59H53N3OPt. The average Bonchev–Trinajstić information content (AvgIpc) is 3.70. The Bertz CT molecular complexity index is 3290. The van der Waals surface area contributed by atoms with Crippen molar-refractivity contribution in [2.45, 2.75) is 66.6 Å². The van der Waals surface area contributed by atoms with Crippen molar-refractivity contribution in [2.24, 2.45) is 0 Å². The third-order valence-corrected chi connectivity index (χ3v) is 11.9. The van der Waals surface area contributed by atoms with Crippen molar-refractivity contribution >= 4 is 11.0 Å². The largest absolute Gasteiger partial charge is 2.00 e. The Morgan fingerprint density at radius 1 is 0.672 bits per heavy atom. The van der Waals surface area contributed by atoms with E-state index in [0.717, 1.165) is 100 Å². The molecule has 2 aromatic heterocycles. The van der Waals surface area contributed by atoms with Crippen LogP contribution in [0.5, 0.6) is 5.75 Å². The van der Waals surface area contributed by atoms with Gasteiger partial charge in [-0.2, -0.15) is 7.11 Å². The molecule has 0 radical (unpaired) electrons. The van der Waals surface area contributed by atoms with Crippen LogP contribution in [-0.4, -0.2) is 14.5 Å². The third kappa shape index (κ3) is 8.52. The molecule has 9 rings (SSSR count). The van der Waals surface area contributed by atoms with Crippen molar-refractivity contribution in [3.63, 3.8) is 0 Å². The van der Waals surface area contributed by atoms with Gasteiger partial charge in [0.25, 0.3) is 0 Å². The van der Waals surface area contributed by atoms with Crippen molar-refractivity contribution in [2.75, 3.05) is 0 Å². The maximum atomic E-state index is 9.45. The first kappa shape index (κ1) is 39.3. The molecule has 0 unspecified atom stereocenters. The predicted molar refractivity (Wildman–Crippen MR) is 263 cm³/mol. The number of hydrogen-bond acceptors (Lipinski definition) is 3. The van der Waals surface area contributed by atoms with Crippen LogP contribution in [-0.2, 0) is 26.5 Å². The summed E-state index contributed by atoms with van der Waals surface area (Å²) >= 11 is 0. The summed E-state index contributed by atoms with van der Waals surface area (Å²) in [6.07, 6.45) is 1.79. The van der Waals surface area contributed by atoms with Crippen LogP contribution >= 0.6 is 0 Å². The fourth-order valence-electron chi connectivity index (χ4n) is 8.65. The number of nitrogens with zero attached hydrogens (tertiary/aromatic N) is 3.